The molecular weight excluding hydrogens is 230 g/mol. The fourth-order valence-electron chi connectivity index (χ4n) is 2.43. The molecule has 1 fully saturated rings. The van der Waals surface area contributed by atoms with Crippen molar-refractivity contribution in [2.24, 2.45) is 0 Å². The van der Waals surface area contributed by atoms with Gasteiger partial charge in [-0.3, -0.25) is 4.68 Å². The number of hydrogen-bond donors (Lipinski definition) is 0. The van der Waals surface area contributed by atoms with E-state index in [0.29, 0.717) is 12.3 Å². The molecule has 0 saturated heterocycles. The third-order valence-corrected chi connectivity index (χ3v) is 3.32. The molecule has 0 aromatic carbocycles. The Bertz CT molecular complexity index is 467. The normalized spacial score (nSPS) is 16.2. The van der Waals surface area contributed by atoms with Crippen molar-refractivity contribution in [3.05, 3.63) is 17.5 Å². The second-order valence-electron chi connectivity index (χ2n) is 4.48. The van der Waals surface area contributed by atoms with Crippen molar-refractivity contribution in [2.45, 2.75) is 45.1 Å². The van der Waals surface area contributed by atoms with Crippen molar-refractivity contribution < 1.29 is 9.53 Å². The third-order valence-electron chi connectivity index (χ3n) is 3.32. The van der Waals surface area contributed by atoms with Crippen LogP contribution in [-0.2, 0) is 4.74 Å². The number of carbonyl (C=O) groups excluding carboxylic acids is 1. The molecule has 0 aliphatic heterocycles. The topological polar surface area (TPSA) is 67.9 Å². The molecule has 1 saturated carbocycles. The van der Waals surface area contributed by atoms with Gasteiger partial charge >= 0.3 is 5.97 Å². The summed E-state index contributed by atoms with van der Waals surface area (Å²) in [5.74, 6) is -0.462. The van der Waals surface area contributed by atoms with Gasteiger partial charge in [-0.05, 0) is 19.8 Å². The Balaban J connectivity index is 2.27. The Morgan fingerprint density at radius 1 is 1.56 bits per heavy atom. The SMILES string of the molecule is CCOC(=O)c1cnn(C2CCCCC2)c1C#N. The average Bonchev–Trinajstić information content (AvgIpc) is 2.83. The Morgan fingerprint density at radius 2 is 2.28 bits per heavy atom. The zero-order valence-corrected chi connectivity index (χ0v) is 10.6. The third kappa shape index (κ3) is 2.37. The van der Waals surface area contributed by atoms with E-state index in [9.17, 15) is 10.1 Å². The molecule has 0 N–H and O–H groups in total. The number of carbonyl (C=O) groups is 1. The van der Waals surface area contributed by atoms with Crippen molar-refractivity contribution >= 4 is 5.97 Å². The van der Waals surface area contributed by atoms with E-state index in [1.165, 1.54) is 12.6 Å². The van der Waals surface area contributed by atoms with E-state index >= 15 is 0 Å². The molecule has 1 aliphatic rings. The first-order chi connectivity index (χ1) is 8.77. The van der Waals surface area contributed by atoms with Gasteiger partial charge in [-0.15, -0.1) is 0 Å². The zero-order valence-electron chi connectivity index (χ0n) is 10.6. The van der Waals surface area contributed by atoms with Gasteiger partial charge in [0, 0.05) is 0 Å². The fourth-order valence-corrected chi connectivity index (χ4v) is 2.43. The average molecular weight is 247 g/mol. The van der Waals surface area contributed by atoms with Crippen LogP contribution in [0.5, 0.6) is 0 Å². The maximum Gasteiger partial charge on any atom is 0.342 e. The van der Waals surface area contributed by atoms with Crippen LogP contribution in [0.3, 0.4) is 0 Å². The van der Waals surface area contributed by atoms with Gasteiger partial charge in [-0.25, -0.2) is 4.79 Å². The minimum atomic E-state index is -0.462. The molecule has 2 rings (SSSR count). The molecule has 0 radical (unpaired) electrons. The van der Waals surface area contributed by atoms with Crippen molar-refractivity contribution in [3.63, 3.8) is 0 Å². The summed E-state index contributed by atoms with van der Waals surface area (Å²) in [5, 5.41) is 13.4. The fraction of sp³-hybridized carbons (Fsp3) is 0.615. The predicted octanol–water partition coefficient (Wildman–Crippen LogP) is 2.44. The number of esters is 1. The maximum absolute atomic E-state index is 11.7. The van der Waals surface area contributed by atoms with E-state index in [1.54, 1.807) is 11.6 Å². The molecule has 0 unspecified atom stereocenters. The summed E-state index contributed by atoms with van der Waals surface area (Å²) in [5.41, 5.74) is 0.616. The zero-order chi connectivity index (χ0) is 13.0. The van der Waals surface area contributed by atoms with E-state index < -0.39 is 5.97 Å². The molecule has 1 heterocycles. The van der Waals surface area contributed by atoms with Crippen molar-refractivity contribution in [1.82, 2.24) is 9.78 Å². The van der Waals surface area contributed by atoms with Gasteiger partial charge in [-0.2, -0.15) is 10.4 Å². The van der Waals surface area contributed by atoms with Gasteiger partial charge in [0.15, 0.2) is 5.69 Å². The van der Waals surface area contributed by atoms with Crippen LogP contribution >= 0.6 is 0 Å². The molecule has 1 aromatic heterocycles. The van der Waals surface area contributed by atoms with Crippen LogP contribution in [0.25, 0.3) is 0 Å². The number of nitrogens with zero attached hydrogens (tertiary/aromatic N) is 3. The van der Waals surface area contributed by atoms with Gasteiger partial charge in [0.05, 0.1) is 18.8 Å². The van der Waals surface area contributed by atoms with Gasteiger partial charge < -0.3 is 4.74 Å². The van der Waals surface area contributed by atoms with Crippen LogP contribution in [0.1, 0.15) is 61.1 Å². The Hall–Kier alpha value is -1.83. The smallest absolute Gasteiger partial charge is 0.342 e. The van der Waals surface area contributed by atoms with Gasteiger partial charge in [0.2, 0.25) is 0 Å². The molecular formula is C13H17N3O2. The first kappa shape index (κ1) is 12.6. The van der Waals surface area contributed by atoms with Crippen molar-refractivity contribution in [3.8, 4) is 6.07 Å². The Labute approximate surface area is 106 Å². The van der Waals surface area contributed by atoms with Gasteiger partial charge in [-0.1, -0.05) is 19.3 Å². The number of ether oxygens (including phenoxy) is 1. The lowest BCUT2D eigenvalue weighted by atomic mass is 9.95. The van der Waals surface area contributed by atoms with Crippen LogP contribution in [0.15, 0.2) is 6.20 Å². The second-order valence-corrected chi connectivity index (χ2v) is 4.48. The minimum Gasteiger partial charge on any atom is -0.462 e. The lowest BCUT2D eigenvalue weighted by Gasteiger charge is -2.22. The highest BCUT2D eigenvalue weighted by molar-refractivity contribution is 5.91. The first-order valence-corrected chi connectivity index (χ1v) is 6.42. The second kappa shape index (κ2) is 5.67. The van der Waals surface area contributed by atoms with Gasteiger partial charge in [0.1, 0.15) is 11.6 Å². The summed E-state index contributed by atoms with van der Waals surface area (Å²) in [7, 11) is 0. The Kier molecular flexibility index (Phi) is 3.98. The summed E-state index contributed by atoms with van der Waals surface area (Å²) in [6.07, 6.45) is 7.06. The molecule has 0 bridgehead atoms. The van der Waals surface area contributed by atoms with Crippen LogP contribution < -0.4 is 0 Å². The molecule has 0 amide bonds. The molecule has 0 atom stereocenters. The number of nitriles is 1. The Morgan fingerprint density at radius 3 is 2.89 bits per heavy atom. The predicted molar refractivity (Wildman–Crippen MR) is 65.0 cm³/mol. The number of rotatable bonds is 3. The standard InChI is InChI=1S/C13H17N3O2/c1-2-18-13(17)11-9-15-16(12(11)8-14)10-6-4-3-5-7-10/h9-10H,2-7H2,1H3. The van der Waals surface area contributed by atoms with Crippen molar-refractivity contribution in [1.29, 1.82) is 5.26 Å². The highest BCUT2D eigenvalue weighted by atomic mass is 16.5. The monoisotopic (exact) mass is 247 g/mol. The quantitative estimate of drug-likeness (QED) is 0.769. The minimum absolute atomic E-state index is 0.247. The summed E-state index contributed by atoms with van der Waals surface area (Å²) in [6.45, 7) is 2.05. The molecule has 96 valence electrons. The number of hydrogen-bond acceptors (Lipinski definition) is 4. The van der Waals surface area contributed by atoms with Gasteiger partial charge in [0.25, 0.3) is 0 Å². The molecule has 0 spiro atoms. The highest BCUT2D eigenvalue weighted by Crippen LogP contribution is 2.29. The lowest BCUT2D eigenvalue weighted by Crippen LogP contribution is -2.16. The van der Waals surface area contributed by atoms with E-state index in [2.05, 4.69) is 11.2 Å². The summed E-state index contributed by atoms with van der Waals surface area (Å²) < 4.78 is 6.63. The van der Waals surface area contributed by atoms with E-state index in [4.69, 9.17) is 4.74 Å². The maximum atomic E-state index is 11.7. The molecule has 1 aliphatic carbocycles. The largest absolute Gasteiger partial charge is 0.462 e. The summed E-state index contributed by atoms with van der Waals surface area (Å²) in [4.78, 5) is 11.7. The number of aromatic nitrogens is 2. The van der Waals surface area contributed by atoms with E-state index in [1.807, 2.05) is 0 Å². The summed E-state index contributed by atoms with van der Waals surface area (Å²) in [6, 6.07) is 2.33. The van der Waals surface area contributed by atoms with Crippen LogP contribution in [-0.4, -0.2) is 22.4 Å². The van der Waals surface area contributed by atoms with Crippen LogP contribution in [0, 0.1) is 11.3 Å². The molecule has 5 nitrogen and oxygen atoms in total. The first-order valence-electron chi connectivity index (χ1n) is 6.42. The van der Waals surface area contributed by atoms with Crippen LogP contribution in [0.4, 0.5) is 0 Å². The summed E-state index contributed by atoms with van der Waals surface area (Å²) >= 11 is 0. The van der Waals surface area contributed by atoms with E-state index in [0.717, 1.165) is 25.7 Å². The van der Waals surface area contributed by atoms with E-state index in [-0.39, 0.29) is 11.6 Å². The lowest BCUT2D eigenvalue weighted by molar-refractivity contribution is 0.0525. The molecule has 18 heavy (non-hydrogen) atoms. The molecule has 1 aromatic rings. The highest BCUT2D eigenvalue weighted by Gasteiger charge is 2.24. The van der Waals surface area contributed by atoms with Crippen LogP contribution in [0.2, 0.25) is 0 Å². The molecule has 5 heteroatoms. The van der Waals surface area contributed by atoms with Crippen molar-refractivity contribution in [2.75, 3.05) is 6.61 Å².